The molecule has 4 rings (SSSR count). The Labute approximate surface area is 146 Å². The van der Waals surface area contributed by atoms with Crippen LogP contribution in [0.3, 0.4) is 0 Å². The summed E-state index contributed by atoms with van der Waals surface area (Å²) in [6.45, 7) is 1.78. The molecule has 5 nitrogen and oxygen atoms in total. The third-order valence-corrected chi connectivity index (χ3v) is 4.79. The number of aromatic nitrogens is 4. The van der Waals surface area contributed by atoms with Crippen LogP contribution in [-0.2, 0) is 6.67 Å². The maximum atomic E-state index is 5.44. The fourth-order valence-corrected chi connectivity index (χ4v) is 3.50. The van der Waals surface area contributed by atoms with Crippen LogP contribution in [0, 0.1) is 4.77 Å². The summed E-state index contributed by atoms with van der Waals surface area (Å²) in [4.78, 5) is 11.2. The van der Waals surface area contributed by atoms with E-state index in [2.05, 4.69) is 26.0 Å². The van der Waals surface area contributed by atoms with Gasteiger partial charge in [-0.15, -0.1) is 0 Å². The van der Waals surface area contributed by atoms with Crippen LogP contribution in [0.4, 0.5) is 0 Å². The van der Waals surface area contributed by atoms with E-state index in [1.165, 1.54) is 12.0 Å². The highest BCUT2D eigenvalue weighted by Crippen LogP contribution is 2.31. The van der Waals surface area contributed by atoms with Gasteiger partial charge in [0.2, 0.25) is 4.77 Å². The molecule has 0 saturated carbocycles. The second kappa shape index (κ2) is 6.67. The van der Waals surface area contributed by atoms with E-state index in [9.17, 15) is 0 Å². The summed E-state index contributed by atoms with van der Waals surface area (Å²) in [7, 11) is 0. The first-order chi connectivity index (χ1) is 11.8. The highest BCUT2D eigenvalue weighted by molar-refractivity contribution is 7.71. The van der Waals surface area contributed by atoms with Crippen molar-refractivity contribution in [3.05, 3.63) is 65.2 Å². The Morgan fingerprint density at radius 3 is 2.83 bits per heavy atom. The van der Waals surface area contributed by atoms with Crippen LogP contribution in [0.15, 0.2) is 54.9 Å². The third kappa shape index (κ3) is 3.02. The predicted molar refractivity (Wildman–Crippen MR) is 95.8 cm³/mol. The second-order valence-electron chi connectivity index (χ2n) is 6.05. The zero-order chi connectivity index (χ0) is 16.4. The lowest BCUT2D eigenvalue weighted by atomic mass is 10.1. The van der Waals surface area contributed by atoms with Crippen molar-refractivity contribution in [3.63, 3.8) is 0 Å². The van der Waals surface area contributed by atoms with Crippen molar-refractivity contribution >= 4 is 12.2 Å². The lowest BCUT2D eigenvalue weighted by molar-refractivity contribution is 0.190. The fourth-order valence-electron chi connectivity index (χ4n) is 3.31. The molecule has 24 heavy (non-hydrogen) atoms. The summed E-state index contributed by atoms with van der Waals surface area (Å²) < 4.78 is 2.54. The standard InChI is InChI=1S/C18H19N5S/c24-18-20-17(14-6-2-1-3-7-14)21-23(18)13-22-11-5-9-16(22)15-8-4-10-19-12-15/h1-4,6-8,10,12,16H,5,9,11,13H2,(H,20,21,24). The molecule has 3 aromatic rings. The van der Waals surface area contributed by atoms with E-state index in [1.54, 1.807) is 0 Å². The molecule has 0 amide bonds. The molecule has 1 fully saturated rings. The van der Waals surface area contributed by atoms with Gasteiger partial charge in [0.1, 0.15) is 0 Å². The van der Waals surface area contributed by atoms with Gasteiger partial charge in [-0.05, 0) is 36.7 Å². The molecule has 1 N–H and O–H groups in total. The Balaban J connectivity index is 1.57. The van der Waals surface area contributed by atoms with Crippen molar-refractivity contribution in [1.82, 2.24) is 24.6 Å². The Kier molecular flexibility index (Phi) is 4.23. The number of pyridine rings is 1. The normalized spacial score (nSPS) is 18.1. The molecule has 1 atom stereocenters. The molecule has 2 aromatic heterocycles. The Bertz CT molecular complexity index is 856. The van der Waals surface area contributed by atoms with Crippen molar-refractivity contribution in [1.29, 1.82) is 0 Å². The third-order valence-electron chi connectivity index (χ3n) is 4.48. The molecular weight excluding hydrogens is 318 g/mol. The summed E-state index contributed by atoms with van der Waals surface area (Å²) >= 11 is 5.44. The van der Waals surface area contributed by atoms with E-state index in [0.29, 0.717) is 10.8 Å². The quantitative estimate of drug-likeness (QED) is 0.736. The maximum absolute atomic E-state index is 5.44. The SMILES string of the molecule is S=c1nc(-c2ccccc2)[nH]n1CN1CCCC1c1cccnc1. The number of likely N-dealkylation sites (tertiary alicyclic amines) is 1. The van der Waals surface area contributed by atoms with Crippen LogP contribution >= 0.6 is 12.2 Å². The van der Waals surface area contributed by atoms with E-state index in [4.69, 9.17) is 12.2 Å². The summed E-state index contributed by atoms with van der Waals surface area (Å²) in [6, 6.07) is 14.6. The van der Waals surface area contributed by atoms with E-state index in [1.807, 2.05) is 53.5 Å². The maximum Gasteiger partial charge on any atom is 0.217 e. The molecule has 1 saturated heterocycles. The summed E-state index contributed by atoms with van der Waals surface area (Å²) in [5, 5.41) is 3.34. The van der Waals surface area contributed by atoms with Crippen LogP contribution in [-0.4, -0.2) is 31.2 Å². The minimum Gasteiger partial charge on any atom is -0.278 e. The number of hydrogen-bond donors (Lipinski definition) is 1. The first kappa shape index (κ1) is 15.2. The summed E-state index contributed by atoms with van der Waals surface area (Å²) in [6.07, 6.45) is 6.12. The minimum absolute atomic E-state index is 0.393. The van der Waals surface area contributed by atoms with E-state index in [-0.39, 0.29) is 0 Å². The molecule has 3 heterocycles. The predicted octanol–water partition coefficient (Wildman–Crippen LogP) is 3.80. The largest absolute Gasteiger partial charge is 0.278 e. The lowest BCUT2D eigenvalue weighted by Gasteiger charge is -2.24. The first-order valence-corrected chi connectivity index (χ1v) is 8.58. The number of aromatic amines is 1. The molecule has 1 aliphatic heterocycles. The van der Waals surface area contributed by atoms with Crippen LogP contribution in [0.25, 0.3) is 11.4 Å². The Hall–Kier alpha value is -2.31. The van der Waals surface area contributed by atoms with Crippen molar-refractivity contribution in [2.24, 2.45) is 0 Å². The van der Waals surface area contributed by atoms with Crippen LogP contribution in [0.2, 0.25) is 0 Å². The van der Waals surface area contributed by atoms with E-state index < -0.39 is 0 Å². The van der Waals surface area contributed by atoms with Crippen LogP contribution in [0.1, 0.15) is 24.4 Å². The molecule has 6 heteroatoms. The zero-order valence-electron chi connectivity index (χ0n) is 13.3. The molecule has 1 aliphatic rings. The van der Waals surface area contributed by atoms with Gasteiger partial charge in [0.25, 0.3) is 0 Å². The summed E-state index contributed by atoms with van der Waals surface area (Å²) in [5.74, 6) is 0.817. The minimum atomic E-state index is 0.393. The highest BCUT2D eigenvalue weighted by Gasteiger charge is 2.26. The van der Waals surface area contributed by atoms with Gasteiger partial charge in [-0.3, -0.25) is 15.0 Å². The van der Waals surface area contributed by atoms with Crippen molar-refractivity contribution in [2.45, 2.75) is 25.6 Å². The van der Waals surface area contributed by atoms with Gasteiger partial charge in [0.15, 0.2) is 5.82 Å². The van der Waals surface area contributed by atoms with Crippen molar-refractivity contribution < 1.29 is 0 Å². The lowest BCUT2D eigenvalue weighted by Crippen LogP contribution is -2.27. The van der Waals surface area contributed by atoms with Crippen molar-refractivity contribution in [3.8, 4) is 11.4 Å². The number of hydrogen-bond acceptors (Lipinski definition) is 4. The van der Waals surface area contributed by atoms with E-state index in [0.717, 1.165) is 31.0 Å². The van der Waals surface area contributed by atoms with Gasteiger partial charge in [-0.25, -0.2) is 4.68 Å². The monoisotopic (exact) mass is 337 g/mol. The van der Waals surface area contributed by atoms with Gasteiger partial charge in [-0.2, -0.15) is 4.98 Å². The van der Waals surface area contributed by atoms with Crippen molar-refractivity contribution in [2.75, 3.05) is 6.54 Å². The molecule has 0 radical (unpaired) electrons. The zero-order valence-corrected chi connectivity index (χ0v) is 14.1. The average molecular weight is 337 g/mol. The van der Waals surface area contributed by atoms with Crippen LogP contribution in [0.5, 0.6) is 0 Å². The number of benzene rings is 1. The Morgan fingerprint density at radius 2 is 2.04 bits per heavy atom. The number of nitrogens with one attached hydrogen (secondary N) is 1. The highest BCUT2D eigenvalue weighted by atomic mass is 32.1. The topological polar surface area (TPSA) is 49.7 Å². The Morgan fingerprint density at radius 1 is 1.17 bits per heavy atom. The fraction of sp³-hybridized carbons (Fsp3) is 0.278. The van der Waals surface area contributed by atoms with E-state index >= 15 is 0 Å². The molecule has 0 bridgehead atoms. The molecule has 122 valence electrons. The number of nitrogens with zero attached hydrogens (tertiary/aromatic N) is 4. The molecule has 1 unspecified atom stereocenters. The number of H-pyrrole nitrogens is 1. The molecule has 1 aromatic carbocycles. The van der Waals surface area contributed by atoms with Gasteiger partial charge < -0.3 is 0 Å². The van der Waals surface area contributed by atoms with Gasteiger partial charge in [0.05, 0.1) is 6.67 Å². The average Bonchev–Trinajstić information content (AvgIpc) is 3.24. The molecule has 0 aliphatic carbocycles. The number of rotatable bonds is 4. The molecular formula is C18H19N5S. The first-order valence-electron chi connectivity index (χ1n) is 8.17. The van der Waals surface area contributed by atoms with Gasteiger partial charge in [0, 0.05) is 30.5 Å². The van der Waals surface area contributed by atoms with Gasteiger partial charge in [-0.1, -0.05) is 36.4 Å². The second-order valence-corrected chi connectivity index (χ2v) is 6.41. The smallest absolute Gasteiger partial charge is 0.217 e. The van der Waals surface area contributed by atoms with Crippen LogP contribution < -0.4 is 0 Å². The molecule has 0 spiro atoms. The summed E-state index contributed by atoms with van der Waals surface area (Å²) in [5.41, 5.74) is 2.32. The van der Waals surface area contributed by atoms with Gasteiger partial charge >= 0.3 is 0 Å².